The van der Waals surface area contributed by atoms with E-state index in [0.717, 1.165) is 17.1 Å². The maximum Gasteiger partial charge on any atom is 0.110 e. The van der Waals surface area contributed by atoms with Crippen LogP contribution in [0, 0.1) is 6.92 Å². The Morgan fingerprint density at radius 1 is 1.40 bits per heavy atom. The second-order valence-corrected chi connectivity index (χ2v) is 3.62. The predicted molar refractivity (Wildman–Crippen MR) is 58.9 cm³/mol. The van der Waals surface area contributed by atoms with Gasteiger partial charge in [0, 0.05) is 18.1 Å². The number of benzene rings is 1. The first-order chi connectivity index (χ1) is 7.18. The molecule has 1 aromatic carbocycles. The first-order valence-electron chi connectivity index (χ1n) is 4.97. The van der Waals surface area contributed by atoms with Crippen LogP contribution in [-0.2, 0) is 0 Å². The van der Waals surface area contributed by atoms with Crippen LogP contribution in [0.4, 0.5) is 0 Å². The maximum absolute atomic E-state index is 9.49. The van der Waals surface area contributed by atoms with Gasteiger partial charge >= 0.3 is 0 Å². The average Bonchev–Trinajstić information content (AvgIpc) is 2.64. The number of aliphatic hydroxyl groups excluding tert-OH is 1. The van der Waals surface area contributed by atoms with Crippen LogP contribution in [0.15, 0.2) is 36.7 Å². The molecule has 0 aliphatic rings. The fraction of sp³-hybridized carbons (Fsp3) is 0.250. The van der Waals surface area contributed by atoms with Crippen molar-refractivity contribution in [3.8, 4) is 5.69 Å². The van der Waals surface area contributed by atoms with E-state index in [0.29, 0.717) is 0 Å². The molecule has 15 heavy (non-hydrogen) atoms. The van der Waals surface area contributed by atoms with Gasteiger partial charge in [0.2, 0.25) is 0 Å². The Bertz CT molecular complexity index is 460. The SMILES string of the molecule is Cc1nccn1-c1cccc(C(C)O)c1. The van der Waals surface area contributed by atoms with Crippen molar-refractivity contribution in [2.75, 3.05) is 0 Å². The standard InChI is InChI=1S/C12H14N2O/c1-9(15)11-4-3-5-12(8-11)14-7-6-13-10(14)2/h3-9,15H,1-2H3. The van der Waals surface area contributed by atoms with Gasteiger partial charge in [-0.3, -0.25) is 0 Å². The van der Waals surface area contributed by atoms with E-state index in [1.54, 1.807) is 13.1 Å². The molecule has 0 fully saturated rings. The Morgan fingerprint density at radius 2 is 2.20 bits per heavy atom. The van der Waals surface area contributed by atoms with Crippen LogP contribution in [0.5, 0.6) is 0 Å². The Kier molecular flexibility index (Phi) is 2.56. The Labute approximate surface area is 89.0 Å². The zero-order valence-electron chi connectivity index (χ0n) is 8.88. The summed E-state index contributed by atoms with van der Waals surface area (Å²) >= 11 is 0. The van der Waals surface area contributed by atoms with Crippen molar-refractivity contribution in [2.45, 2.75) is 20.0 Å². The second-order valence-electron chi connectivity index (χ2n) is 3.62. The molecule has 1 N–H and O–H groups in total. The Hall–Kier alpha value is -1.61. The summed E-state index contributed by atoms with van der Waals surface area (Å²) in [5, 5.41) is 9.49. The van der Waals surface area contributed by atoms with Gasteiger partial charge in [0.1, 0.15) is 5.82 Å². The van der Waals surface area contributed by atoms with E-state index < -0.39 is 6.10 Å². The molecule has 78 valence electrons. The van der Waals surface area contributed by atoms with Gasteiger partial charge in [-0.05, 0) is 31.5 Å². The molecule has 1 aromatic heterocycles. The molecular weight excluding hydrogens is 188 g/mol. The Balaban J connectivity index is 2.46. The average molecular weight is 202 g/mol. The van der Waals surface area contributed by atoms with Crippen LogP contribution in [0.1, 0.15) is 24.4 Å². The lowest BCUT2D eigenvalue weighted by molar-refractivity contribution is 0.199. The van der Waals surface area contributed by atoms with Crippen molar-refractivity contribution in [2.24, 2.45) is 0 Å². The molecule has 2 rings (SSSR count). The normalized spacial score (nSPS) is 12.7. The number of aromatic nitrogens is 2. The van der Waals surface area contributed by atoms with Crippen molar-refractivity contribution in [1.82, 2.24) is 9.55 Å². The van der Waals surface area contributed by atoms with Crippen LogP contribution in [0.3, 0.4) is 0 Å². The first kappa shape index (κ1) is 9.93. The van der Waals surface area contributed by atoms with Gasteiger partial charge in [-0.2, -0.15) is 0 Å². The first-order valence-corrected chi connectivity index (χ1v) is 4.97. The van der Waals surface area contributed by atoms with Crippen molar-refractivity contribution in [3.63, 3.8) is 0 Å². The zero-order valence-corrected chi connectivity index (χ0v) is 8.88. The van der Waals surface area contributed by atoms with Crippen LogP contribution in [0.2, 0.25) is 0 Å². The summed E-state index contributed by atoms with van der Waals surface area (Å²) in [7, 11) is 0. The summed E-state index contributed by atoms with van der Waals surface area (Å²) in [4.78, 5) is 4.17. The second kappa shape index (κ2) is 3.87. The minimum absolute atomic E-state index is 0.436. The van der Waals surface area contributed by atoms with Gasteiger partial charge in [-0.25, -0.2) is 4.98 Å². The van der Waals surface area contributed by atoms with E-state index in [1.165, 1.54) is 0 Å². The minimum atomic E-state index is -0.436. The highest BCUT2D eigenvalue weighted by atomic mass is 16.3. The summed E-state index contributed by atoms with van der Waals surface area (Å²) in [6.45, 7) is 3.72. The number of aryl methyl sites for hydroxylation is 1. The van der Waals surface area contributed by atoms with Gasteiger partial charge in [-0.1, -0.05) is 12.1 Å². The van der Waals surface area contributed by atoms with E-state index in [9.17, 15) is 5.11 Å². The lowest BCUT2D eigenvalue weighted by Gasteiger charge is -2.09. The van der Waals surface area contributed by atoms with E-state index >= 15 is 0 Å². The molecule has 0 radical (unpaired) electrons. The summed E-state index contributed by atoms with van der Waals surface area (Å²) in [6, 6.07) is 7.83. The molecule has 1 heterocycles. The van der Waals surface area contributed by atoms with Gasteiger partial charge in [-0.15, -0.1) is 0 Å². The van der Waals surface area contributed by atoms with E-state index in [-0.39, 0.29) is 0 Å². The van der Waals surface area contributed by atoms with Crippen molar-refractivity contribution in [3.05, 3.63) is 48.0 Å². The number of rotatable bonds is 2. The molecule has 3 nitrogen and oxygen atoms in total. The highest BCUT2D eigenvalue weighted by Gasteiger charge is 2.04. The third-order valence-corrected chi connectivity index (χ3v) is 2.46. The van der Waals surface area contributed by atoms with Gasteiger partial charge in [0.25, 0.3) is 0 Å². The number of aliphatic hydroxyl groups is 1. The third kappa shape index (κ3) is 1.92. The minimum Gasteiger partial charge on any atom is -0.389 e. The molecule has 0 spiro atoms. The number of hydrogen-bond acceptors (Lipinski definition) is 2. The van der Waals surface area contributed by atoms with E-state index in [2.05, 4.69) is 4.98 Å². The van der Waals surface area contributed by atoms with Crippen molar-refractivity contribution < 1.29 is 5.11 Å². The fourth-order valence-corrected chi connectivity index (χ4v) is 1.59. The highest BCUT2D eigenvalue weighted by molar-refractivity contribution is 5.37. The number of imidazole rings is 1. The lowest BCUT2D eigenvalue weighted by Crippen LogP contribution is -1.98. The van der Waals surface area contributed by atoms with Gasteiger partial charge < -0.3 is 9.67 Å². The van der Waals surface area contributed by atoms with Crippen LogP contribution < -0.4 is 0 Å². The third-order valence-electron chi connectivity index (χ3n) is 2.46. The van der Waals surface area contributed by atoms with Gasteiger partial charge in [0.15, 0.2) is 0 Å². The van der Waals surface area contributed by atoms with Crippen molar-refractivity contribution in [1.29, 1.82) is 0 Å². The number of nitrogens with zero attached hydrogens (tertiary/aromatic N) is 2. The van der Waals surface area contributed by atoms with Crippen LogP contribution in [-0.4, -0.2) is 14.7 Å². The topological polar surface area (TPSA) is 38.0 Å². The Morgan fingerprint density at radius 3 is 2.80 bits per heavy atom. The molecule has 0 aliphatic carbocycles. The summed E-state index contributed by atoms with van der Waals surface area (Å²) in [5.41, 5.74) is 1.95. The summed E-state index contributed by atoms with van der Waals surface area (Å²) < 4.78 is 1.99. The molecule has 0 aliphatic heterocycles. The van der Waals surface area contributed by atoms with E-state index in [1.807, 2.05) is 42.0 Å². The molecule has 3 heteroatoms. The lowest BCUT2D eigenvalue weighted by atomic mass is 10.1. The maximum atomic E-state index is 9.49. The molecular formula is C12H14N2O. The molecule has 1 atom stereocenters. The van der Waals surface area contributed by atoms with Crippen molar-refractivity contribution >= 4 is 0 Å². The van der Waals surface area contributed by atoms with E-state index in [4.69, 9.17) is 0 Å². The van der Waals surface area contributed by atoms with Crippen LogP contribution >= 0.6 is 0 Å². The molecule has 0 bridgehead atoms. The fourth-order valence-electron chi connectivity index (χ4n) is 1.59. The summed E-state index contributed by atoms with van der Waals surface area (Å²) in [5.74, 6) is 0.942. The molecule has 0 saturated carbocycles. The summed E-state index contributed by atoms with van der Waals surface area (Å²) in [6.07, 6.45) is 3.25. The predicted octanol–water partition coefficient (Wildman–Crippen LogP) is 2.23. The molecule has 1 unspecified atom stereocenters. The van der Waals surface area contributed by atoms with Crippen LogP contribution in [0.25, 0.3) is 5.69 Å². The number of hydrogen-bond donors (Lipinski definition) is 1. The molecule has 0 amide bonds. The quantitative estimate of drug-likeness (QED) is 0.811. The molecule has 0 saturated heterocycles. The monoisotopic (exact) mass is 202 g/mol. The zero-order chi connectivity index (χ0) is 10.8. The largest absolute Gasteiger partial charge is 0.389 e. The molecule has 2 aromatic rings. The highest BCUT2D eigenvalue weighted by Crippen LogP contribution is 2.17. The van der Waals surface area contributed by atoms with Gasteiger partial charge in [0.05, 0.1) is 6.10 Å². The smallest absolute Gasteiger partial charge is 0.110 e.